The van der Waals surface area contributed by atoms with Crippen molar-refractivity contribution < 1.29 is 9.47 Å². The summed E-state index contributed by atoms with van der Waals surface area (Å²) in [5.41, 5.74) is 0. The number of hydrogen-bond donors (Lipinski definition) is 0. The van der Waals surface area contributed by atoms with Crippen LogP contribution in [0.4, 0.5) is 0 Å². The topological polar surface area (TPSA) is 24.9 Å². The fraction of sp³-hybridized carbons (Fsp3) is 0.636. The van der Waals surface area contributed by atoms with E-state index in [1.807, 2.05) is 31.1 Å². The highest BCUT2D eigenvalue weighted by Gasteiger charge is 2.15. The van der Waals surface area contributed by atoms with Gasteiger partial charge in [-0.25, -0.2) is 0 Å². The Labute approximate surface area is 91.8 Å². The molecular weight excluding hydrogens is 192 g/mol. The first kappa shape index (κ1) is 12.1. The van der Waals surface area contributed by atoms with Crippen molar-refractivity contribution in [1.82, 2.24) is 9.80 Å². The number of rotatable bonds is 7. The summed E-state index contributed by atoms with van der Waals surface area (Å²) in [6.45, 7) is 10.6. The molecule has 4 nitrogen and oxygen atoms in total. The predicted octanol–water partition coefficient (Wildman–Crippen LogP) is 1.58. The van der Waals surface area contributed by atoms with E-state index in [1.165, 1.54) is 0 Å². The predicted molar refractivity (Wildman–Crippen MR) is 59.8 cm³/mol. The van der Waals surface area contributed by atoms with Gasteiger partial charge in [0, 0.05) is 25.6 Å². The summed E-state index contributed by atoms with van der Waals surface area (Å²) in [5.74, 6) is 0. The lowest BCUT2D eigenvalue weighted by Gasteiger charge is -2.24. The van der Waals surface area contributed by atoms with Gasteiger partial charge in [0.15, 0.2) is 6.29 Å². The molecule has 86 valence electrons. The summed E-state index contributed by atoms with van der Waals surface area (Å²) in [5, 5.41) is 0. The largest absolute Gasteiger partial charge is 0.353 e. The van der Waals surface area contributed by atoms with E-state index in [2.05, 4.69) is 11.5 Å². The molecule has 0 aromatic rings. The zero-order valence-electron chi connectivity index (χ0n) is 9.56. The quantitative estimate of drug-likeness (QED) is 0.598. The van der Waals surface area contributed by atoms with Crippen LogP contribution < -0.4 is 0 Å². The van der Waals surface area contributed by atoms with E-state index in [0.29, 0.717) is 13.2 Å². The van der Waals surface area contributed by atoms with Gasteiger partial charge in [0.1, 0.15) is 0 Å². The Bertz CT molecular complexity index is 213. The zero-order valence-corrected chi connectivity index (χ0v) is 9.56. The number of ether oxygens (including phenoxy) is 2. The van der Waals surface area contributed by atoms with Gasteiger partial charge < -0.3 is 19.3 Å². The summed E-state index contributed by atoms with van der Waals surface area (Å²) < 4.78 is 10.9. The molecule has 0 spiro atoms. The lowest BCUT2D eigenvalue weighted by atomic mass is 10.5. The second-order valence-corrected chi connectivity index (χ2v) is 3.25. The highest BCUT2D eigenvalue weighted by Crippen LogP contribution is 2.08. The Morgan fingerprint density at radius 2 is 2.00 bits per heavy atom. The first-order chi connectivity index (χ1) is 7.30. The minimum Gasteiger partial charge on any atom is -0.353 e. The third kappa shape index (κ3) is 3.93. The van der Waals surface area contributed by atoms with Crippen molar-refractivity contribution >= 4 is 0 Å². The summed E-state index contributed by atoms with van der Waals surface area (Å²) in [4.78, 5) is 4.15. The van der Waals surface area contributed by atoms with Gasteiger partial charge >= 0.3 is 0 Å². The maximum atomic E-state index is 5.47. The van der Waals surface area contributed by atoms with Crippen LogP contribution in [0.15, 0.2) is 25.2 Å². The molecule has 0 atom stereocenters. The molecule has 0 saturated heterocycles. The third-order valence-corrected chi connectivity index (χ3v) is 2.14. The van der Waals surface area contributed by atoms with Crippen LogP contribution in [0, 0.1) is 0 Å². The standard InChI is InChI=1S/C11H20N2O2/c1-4-12-7-8-13(10-12)9-11(14-5-2)15-6-3/h4,7-8,11H,1,5-6,9-10H2,2-3H3. The SMILES string of the molecule is C=CN1C=CN(CC(OCC)OCC)C1. The number of nitrogens with zero attached hydrogens (tertiary/aromatic N) is 2. The highest BCUT2D eigenvalue weighted by atomic mass is 16.7. The molecule has 0 fully saturated rings. The van der Waals surface area contributed by atoms with E-state index in [1.54, 1.807) is 6.20 Å². The first-order valence-corrected chi connectivity index (χ1v) is 5.34. The van der Waals surface area contributed by atoms with Gasteiger partial charge in [0.2, 0.25) is 0 Å². The van der Waals surface area contributed by atoms with Crippen molar-refractivity contribution in [3.63, 3.8) is 0 Å². The molecule has 0 aromatic heterocycles. The van der Waals surface area contributed by atoms with E-state index in [4.69, 9.17) is 9.47 Å². The van der Waals surface area contributed by atoms with Crippen molar-refractivity contribution in [3.05, 3.63) is 25.2 Å². The Kier molecular flexibility index (Phi) is 5.21. The molecule has 1 heterocycles. The average Bonchev–Trinajstić information content (AvgIpc) is 2.66. The Balaban J connectivity index is 2.32. The van der Waals surface area contributed by atoms with E-state index in [9.17, 15) is 0 Å². The van der Waals surface area contributed by atoms with Gasteiger partial charge in [-0.1, -0.05) is 6.58 Å². The van der Waals surface area contributed by atoms with E-state index in [-0.39, 0.29) is 6.29 Å². The fourth-order valence-electron chi connectivity index (χ4n) is 1.44. The van der Waals surface area contributed by atoms with Crippen LogP contribution in [0.2, 0.25) is 0 Å². The Morgan fingerprint density at radius 3 is 2.47 bits per heavy atom. The van der Waals surface area contributed by atoms with Crippen molar-refractivity contribution in [2.45, 2.75) is 20.1 Å². The molecule has 0 unspecified atom stereocenters. The molecule has 0 bridgehead atoms. The molecule has 0 aromatic carbocycles. The van der Waals surface area contributed by atoms with Crippen LogP contribution in [0.5, 0.6) is 0 Å². The molecule has 15 heavy (non-hydrogen) atoms. The first-order valence-electron chi connectivity index (χ1n) is 5.34. The Morgan fingerprint density at radius 1 is 1.33 bits per heavy atom. The van der Waals surface area contributed by atoms with Crippen molar-refractivity contribution in [2.75, 3.05) is 26.4 Å². The molecule has 0 saturated carbocycles. The van der Waals surface area contributed by atoms with Crippen molar-refractivity contribution in [2.24, 2.45) is 0 Å². The van der Waals surface area contributed by atoms with Crippen molar-refractivity contribution in [1.29, 1.82) is 0 Å². The summed E-state index contributed by atoms with van der Waals surface area (Å²) in [7, 11) is 0. The van der Waals surface area contributed by atoms with Gasteiger partial charge in [0.05, 0.1) is 13.2 Å². The van der Waals surface area contributed by atoms with Gasteiger partial charge in [-0.2, -0.15) is 0 Å². The molecule has 0 N–H and O–H groups in total. The maximum absolute atomic E-state index is 5.47. The van der Waals surface area contributed by atoms with Gasteiger partial charge in [0.25, 0.3) is 0 Å². The average molecular weight is 212 g/mol. The van der Waals surface area contributed by atoms with Crippen LogP contribution in [0.1, 0.15) is 13.8 Å². The normalized spacial score (nSPS) is 15.4. The lowest BCUT2D eigenvalue weighted by Crippen LogP contribution is -2.33. The molecule has 1 aliphatic heterocycles. The minimum atomic E-state index is -0.144. The molecule has 1 aliphatic rings. The monoisotopic (exact) mass is 212 g/mol. The lowest BCUT2D eigenvalue weighted by molar-refractivity contribution is -0.143. The second-order valence-electron chi connectivity index (χ2n) is 3.25. The van der Waals surface area contributed by atoms with Crippen LogP contribution in [-0.2, 0) is 9.47 Å². The molecule has 4 heteroatoms. The van der Waals surface area contributed by atoms with E-state index >= 15 is 0 Å². The summed E-state index contributed by atoms with van der Waals surface area (Å²) >= 11 is 0. The third-order valence-electron chi connectivity index (χ3n) is 2.14. The summed E-state index contributed by atoms with van der Waals surface area (Å²) in [6.07, 6.45) is 5.66. The van der Waals surface area contributed by atoms with Crippen LogP contribution >= 0.6 is 0 Å². The van der Waals surface area contributed by atoms with Crippen molar-refractivity contribution in [3.8, 4) is 0 Å². The minimum absolute atomic E-state index is 0.144. The smallest absolute Gasteiger partial charge is 0.174 e. The van der Waals surface area contributed by atoms with Gasteiger partial charge in [-0.15, -0.1) is 0 Å². The Hall–Kier alpha value is -1.00. The van der Waals surface area contributed by atoms with Crippen LogP contribution in [-0.4, -0.2) is 42.5 Å². The van der Waals surface area contributed by atoms with E-state index in [0.717, 1.165) is 13.2 Å². The molecular formula is C11H20N2O2. The van der Waals surface area contributed by atoms with Gasteiger partial charge in [-0.05, 0) is 20.0 Å². The second kappa shape index (κ2) is 6.48. The fourth-order valence-corrected chi connectivity index (χ4v) is 1.44. The maximum Gasteiger partial charge on any atom is 0.174 e. The van der Waals surface area contributed by atoms with Crippen LogP contribution in [0.3, 0.4) is 0 Å². The molecule has 0 radical (unpaired) electrons. The van der Waals surface area contributed by atoms with E-state index < -0.39 is 0 Å². The number of hydrogen-bond acceptors (Lipinski definition) is 4. The molecule has 1 rings (SSSR count). The molecule has 0 amide bonds. The summed E-state index contributed by atoms with van der Waals surface area (Å²) in [6, 6.07) is 0. The van der Waals surface area contributed by atoms with Crippen LogP contribution in [0.25, 0.3) is 0 Å². The molecule has 0 aliphatic carbocycles. The van der Waals surface area contributed by atoms with Gasteiger partial charge in [-0.3, -0.25) is 0 Å². The zero-order chi connectivity index (χ0) is 11.1. The highest BCUT2D eigenvalue weighted by molar-refractivity contribution is 4.95.